The lowest BCUT2D eigenvalue weighted by Crippen LogP contribution is -2.43. The fourth-order valence-electron chi connectivity index (χ4n) is 1.52. The van der Waals surface area contributed by atoms with Crippen LogP contribution in [0.15, 0.2) is 5.38 Å². The number of piperazine rings is 1. The van der Waals surface area contributed by atoms with Gasteiger partial charge in [0.25, 0.3) is 5.78 Å². The number of alkyl halides is 3. The van der Waals surface area contributed by atoms with Crippen LogP contribution in [0.1, 0.15) is 10.5 Å². The maximum absolute atomic E-state index is 12.2. The summed E-state index contributed by atoms with van der Waals surface area (Å²) in [6.07, 6.45) is -4.85. The van der Waals surface area contributed by atoms with E-state index in [1.165, 1.54) is 0 Å². The number of hydrogen-bond donors (Lipinski definition) is 1. The predicted octanol–water partition coefficient (Wildman–Crippen LogP) is 1.30. The first-order valence-corrected chi connectivity index (χ1v) is 5.89. The van der Waals surface area contributed by atoms with Gasteiger partial charge in [-0.2, -0.15) is 13.2 Å². The number of anilines is 1. The zero-order valence-electron chi connectivity index (χ0n) is 8.75. The third-order valence-corrected chi connectivity index (χ3v) is 3.27. The first-order chi connectivity index (χ1) is 7.98. The predicted molar refractivity (Wildman–Crippen MR) is 57.6 cm³/mol. The molecule has 2 heterocycles. The van der Waals surface area contributed by atoms with Gasteiger partial charge in [-0.3, -0.25) is 4.79 Å². The Morgan fingerprint density at radius 1 is 1.41 bits per heavy atom. The van der Waals surface area contributed by atoms with E-state index in [1.807, 2.05) is 4.90 Å². The van der Waals surface area contributed by atoms with E-state index in [2.05, 4.69) is 10.3 Å². The molecular formula is C9H10F3N3OS. The van der Waals surface area contributed by atoms with E-state index >= 15 is 0 Å². The number of nitrogens with zero attached hydrogens (tertiary/aromatic N) is 2. The minimum atomic E-state index is -4.85. The average Bonchev–Trinajstić information content (AvgIpc) is 2.77. The van der Waals surface area contributed by atoms with Crippen molar-refractivity contribution in [2.75, 3.05) is 31.1 Å². The second-order valence-electron chi connectivity index (χ2n) is 3.58. The van der Waals surface area contributed by atoms with Crippen LogP contribution in [0, 0.1) is 0 Å². The number of ketones is 1. The molecule has 0 radical (unpaired) electrons. The van der Waals surface area contributed by atoms with E-state index < -0.39 is 17.7 Å². The van der Waals surface area contributed by atoms with Gasteiger partial charge < -0.3 is 10.2 Å². The number of hydrogen-bond acceptors (Lipinski definition) is 5. The number of nitrogens with one attached hydrogen (secondary N) is 1. The summed E-state index contributed by atoms with van der Waals surface area (Å²) in [5, 5.41) is 4.76. The molecule has 1 N–H and O–H groups in total. The molecule has 17 heavy (non-hydrogen) atoms. The van der Waals surface area contributed by atoms with Gasteiger partial charge in [-0.1, -0.05) is 0 Å². The molecule has 0 atom stereocenters. The minimum absolute atomic E-state index is 0.471. The topological polar surface area (TPSA) is 45.2 Å². The molecule has 8 heteroatoms. The zero-order valence-corrected chi connectivity index (χ0v) is 9.57. The molecule has 1 aromatic rings. The summed E-state index contributed by atoms with van der Waals surface area (Å²) in [5.74, 6) is -1.88. The number of thiazole rings is 1. The van der Waals surface area contributed by atoms with Crippen LogP contribution in [0.5, 0.6) is 0 Å². The highest BCUT2D eigenvalue weighted by molar-refractivity contribution is 7.13. The fourth-order valence-corrected chi connectivity index (χ4v) is 2.37. The van der Waals surface area contributed by atoms with Crippen molar-refractivity contribution in [1.82, 2.24) is 10.3 Å². The number of rotatable bonds is 2. The highest BCUT2D eigenvalue weighted by Gasteiger charge is 2.41. The molecule has 0 amide bonds. The van der Waals surface area contributed by atoms with E-state index in [0.29, 0.717) is 18.2 Å². The van der Waals surface area contributed by atoms with Crippen LogP contribution in [0.4, 0.5) is 18.3 Å². The summed E-state index contributed by atoms with van der Waals surface area (Å²) in [7, 11) is 0. The molecular weight excluding hydrogens is 255 g/mol. The Morgan fingerprint density at radius 3 is 2.65 bits per heavy atom. The molecule has 0 aromatic carbocycles. The van der Waals surface area contributed by atoms with Gasteiger partial charge in [0.05, 0.1) is 0 Å². The second kappa shape index (κ2) is 4.61. The van der Waals surface area contributed by atoms with Gasteiger partial charge in [0.1, 0.15) is 5.69 Å². The van der Waals surface area contributed by atoms with Gasteiger partial charge in [0, 0.05) is 31.6 Å². The van der Waals surface area contributed by atoms with Gasteiger partial charge in [0.2, 0.25) is 0 Å². The molecule has 1 aliphatic heterocycles. The zero-order chi connectivity index (χ0) is 12.5. The molecule has 0 bridgehead atoms. The normalized spacial score (nSPS) is 17.2. The molecule has 1 aliphatic rings. The lowest BCUT2D eigenvalue weighted by Gasteiger charge is -2.26. The van der Waals surface area contributed by atoms with Gasteiger partial charge in [-0.05, 0) is 0 Å². The number of Topliss-reactive ketones (excluding diaryl/α,β-unsaturated/α-hetero) is 1. The first kappa shape index (κ1) is 12.3. The van der Waals surface area contributed by atoms with Crippen molar-refractivity contribution in [1.29, 1.82) is 0 Å². The van der Waals surface area contributed by atoms with Crippen LogP contribution in [0.25, 0.3) is 0 Å². The molecule has 94 valence electrons. The van der Waals surface area contributed by atoms with E-state index in [4.69, 9.17) is 0 Å². The third-order valence-electron chi connectivity index (χ3n) is 2.37. The number of carbonyl (C=O) groups excluding carboxylic acids is 1. The van der Waals surface area contributed by atoms with Crippen LogP contribution in [-0.4, -0.2) is 43.1 Å². The van der Waals surface area contributed by atoms with Crippen molar-refractivity contribution in [3.8, 4) is 0 Å². The molecule has 1 fully saturated rings. The summed E-state index contributed by atoms with van der Waals surface area (Å²) in [4.78, 5) is 16.6. The highest BCUT2D eigenvalue weighted by atomic mass is 32.1. The Morgan fingerprint density at radius 2 is 2.06 bits per heavy atom. The molecule has 2 rings (SSSR count). The smallest absolute Gasteiger partial charge is 0.346 e. The molecule has 1 saturated heterocycles. The first-order valence-electron chi connectivity index (χ1n) is 5.01. The quantitative estimate of drug-likeness (QED) is 0.819. The van der Waals surface area contributed by atoms with E-state index in [0.717, 1.165) is 29.8 Å². The molecule has 0 saturated carbocycles. The Labute approximate surface area is 99.4 Å². The van der Waals surface area contributed by atoms with Gasteiger partial charge in [-0.25, -0.2) is 4.98 Å². The Hall–Kier alpha value is -1.15. The molecule has 0 aliphatic carbocycles. The van der Waals surface area contributed by atoms with E-state index in [-0.39, 0.29) is 0 Å². The minimum Gasteiger partial charge on any atom is -0.346 e. The van der Waals surface area contributed by atoms with Crippen LogP contribution in [0.2, 0.25) is 0 Å². The number of aromatic nitrogens is 1. The number of carbonyl (C=O) groups is 1. The fraction of sp³-hybridized carbons (Fsp3) is 0.556. The Bertz CT molecular complexity index is 412. The van der Waals surface area contributed by atoms with Crippen molar-refractivity contribution < 1.29 is 18.0 Å². The van der Waals surface area contributed by atoms with Gasteiger partial charge >= 0.3 is 6.18 Å². The van der Waals surface area contributed by atoms with Crippen LogP contribution < -0.4 is 10.2 Å². The largest absolute Gasteiger partial charge is 0.456 e. The SMILES string of the molecule is O=C(c1csc(N2CCNCC2)n1)C(F)(F)F. The van der Waals surface area contributed by atoms with Crippen molar-refractivity contribution in [3.63, 3.8) is 0 Å². The van der Waals surface area contributed by atoms with Crippen molar-refractivity contribution in [2.24, 2.45) is 0 Å². The van der Waals surface area contributed by atoms with Crippen molar-refractivity contribution in [2.45, 2.75) is 6.18 Å². The van der Waals surface area contributed by atoms with Gasteiger partial charge in [0.15, 0.2) is 5.13 Å². The maximum atomic E-state index is 12.2. The van der Waals surface area contributed by atoms with Crippen LogP contribution >= 0.6 is 11.3 Å². The lowest BCUT2D eigenvalue weighted by molar-refractivity contribution is -0.0887. The summed E-state index contributed by atoms with van der Waals surface area (Å²) in [6, 6.07) is 0. The van der Waals surface area contributed by atoms with Crippen LogP contribution in [0.3, 0.4) is 0 Å². The van der Waals surface area contributed by atoms with E-state index in [1.54, 1.807) is 0 Å². The summed E-state index contributed by atoms with van der Waals surface area (Å²) < 4.78 is 36.5. The summed E-state index contributed by atoms with van der Waals surface area (Å²) in [6.45, 7) is 2.91. The molecule has 0 unspecified atom stereocenters. The second-order valence-corrected chi connectivity index (χ2v) is 4.42. The monoisotopic (exact) mass is 265 g/mol. The third kappa shape index (κ3) is 2.75. The Balaban J connectivity index is 2.12. The molecule has 0 spiro atoms. The van der Waals surface area contributed by atoms with Crippen molar-refractivity contribution >= 4 is 22.3 Å². The van der Waals surface area contributed by atoms with Crippen molar-refractivity contribution in [3.05, 3.63) is 11.1 Å². The van der Waals surface area contributed by atoms with Gasteiger partial charge in [-0.15, -0.1) is 11.3 Å². The average molecular weight is 265 g/mol. The lowest BCUT2D eigenvalue weighted by atomic mass is 10.3. The van der Waals surface area contributed by atoms with Crippen LogP contribution in [-0.2, 0) is 0 Å². The molecule has 4 nitrogen and oxygen atoms in total. The highest BCUT2D eigenvalue weighted by Crippen LogP contribution is 2.26. The summed E-state index contributed by atoms with van der Waals surface area (Å²) >= 11 is 1.07. The Kier molecular flexibility index (Phi) is 3.34. The standard InChI is InChI=1S/C9H10F3N3OS/c10-9(11,12)7(16)6-5-17-8(14-6)15-3-1-13-2-4-15/h5,13H,1-4H2. The maximum Gasteiger partial charge on any atom is 0.456 e. The van der Waals surface area contributed by atoms with E-state index in [9.17, 15) is 18.0 Å². The molecule has 1 aromatic heterocycles. The summed E-state index contributed by atoms with van der Waals surface area (Å²) in [5.41, 5.74) is -0.518. The number of halogens is 3.